The molecular formula is C18H21FN2OS. The molecule has 1 atom stereocenters. The SMILES string of the molecule is Cc1ccc(F)cc1C(=O)NCC(c1cccs1)N1CCCC1. The van der Waals surface area contributed by atoms with Crippen molar-refractivity contribution in [2.24, 2.45) is 0 Å². The number of nitrogens with one attached hydrogen (secondary N) is 1. The van der Waals surface area contributed by atoms with Crippen molar-refractivity contribution in [2.75, 3.05) is 19.6 Å². The zero-order valence-corrected chi connectivity index (χ0v) is 14.0. The van der Waals surface area contributed by atoms with Gasteiger partial charge >= 0.3 is 0 Å². The second-order valence-electron chi connectivity index (χ2n) is 5.94. The lowest BCUT2D eigenvalue weighted by Crippen LogP contribution is -2.36. The number of carbonyl (C=O) groups excluding carboxylic acids is 1. The number of likely N-dealkylation sites (tertiary alicyclic amines) is 1. The third-order valence-corrected chi connectivity index (χ3v) is 5.33. The number of hydrogen-bond donors (Lipinski definition) is 1. The van der Waals surface area contributed by atoms with Gasteiger partial charge in [-0.2, -0.15) is 0 Å². The molecule has 1 aliphatic heterocycles. The summed E-state index contributed by atoms with van der Waals surface area (Å²) in [6.45, 7) is 4.51. The second-order valence-corrected chi connectivity index (χ2v) is 6.92. The van der Waals surface area contributed by atoms with E-state index < -0.39 is 0 Å². The molecule has 3 rings (SSSR count). The Bertz CT molecular complexity index is 666. The molecule has 2 aromatic rings. The van der Waals surface area contributed by atoms with Gasteiger partial charge in [-0.05, 0) is 62.0 Å². The average Bonchev–Trinajstić information content (AvgIpc) is 3.23. The van der Waals surface area contributed by atoms with Gasteiger partial charge in [0.1, 0.15) is 5.82 Å². The molecule has 1 aromatic heterocycles. The van der Waals surface area contributed by atoms with E-state index in [4.69, 9.17) is 0 Å². The molecule has 122 valence electrons. The van der Waals surface area contributed by atoms with Crippen LogP contribution in [0, 0.1) is 12.7 Å². The molecule has 1 aromatic carbocycles. The Kier molecular flexibility index (Phi) is 5.08. The molecule has 5 heteroatoms. The first-order valence-corrected chi connectivity index (χ1v) is 8.85. The first-order chi connectivity index (χ1) is 11.1. The van der Waals surface area contributed by atoms with E-state index in [1.54, 1.807) is 17.4 Å². The highest BCUT2D eigenvalue weighted by Gasteiger charge is 2.25. The number of halogens is 1. The highest BCUT2D eigenvalue weighted by molar-refractivity contribution is 7.10. The quantitative estimate of drug-likeness (QED) is 0.904. The van der Waals surface area contributed by atoms with Gasteiger partial charge in [0.2, 0.25) is 0 Å². The lowest BCUT2D eigenvalue weighted by Gasteiger charge is -2.27. The van der Waals surface area contributed by atoms with Crippen LogP contribution in [-0.4, -0.2) is 30.4 Å². The Morgan fingerprint density at radius 2 is 2.13 bits per heavy atom. The predicted octanol–water partition coefficient (Wildman–Crippen LogP) is 3.76. The Morgan fingerprint density at radius 1 is 1.35 bits per heavy atom. The Labute approximate surface area is 140 Å². The minimum absolute atomic E-state index is 0.204. The molecule has 0 bridgehead atoms. The zero-order valence-electron chi connectivity index (χ0n) is 13.2. The maximum Gasteiger partial charge on any atom is 0.251 e. The van der Waals surface area contributed by atoms with Crippen LogP contribution in [0.15, 0.2) is 35.7 Å². The summed E-state index contributed by atoms with van der Waals surface area (Å²) in [5, 5.41) is 5.06. The van der Waals surface area contributed by atoms with Crippen LogP contribution in [0.3, 0.4) is 0 Å². The largest absolute Gasteiger partial charge is 0.350 e. The van der Waals surface area contributed by atoms with Crippen LogP contribution >= 0.6 is 11.3 Å². The number of carbonyl (C=O) groups is 1. The summed E-state index contributed by atoms with van der Waals surface area (Å²) in [5.74, 6) is -0.585. The van der Waals surface area contributed by atoms with Crippen LogP contribution in [0.4, 0.5) is 4.39 Å². The van der Waals surface area contributed by atoms with E-state index in [0.29, 0.717) is 12.1 Å². The van der Waals surface area contributed by atoms with Gasteiger partial charge in [0, 0.05) is 17.0 Å². The number of nitrogens with zero attached hydrogens (tertiary/aromatic N) is 1. The number of benzene rings is 1. The molecule has 23 heavy (non-hydrogen) atoms. The maximum absolute atomic E-state index is 13.4. The summed E-state index contributed by atoms with van der Waals surface area (Å²) in [6.07, 6.45) is 2.41. The van der Waals surface area contributed by atoms with Crippen LogP contribution in [0.1, 0.15) is 39.7 Å². The van der Waals surface area contributed by atoms with Crippen LogP contribution in [0.25, 0.3) is 0 Å². The van der Waals surface area contributed by atoms with E-state index >= 15 is 0 Å². The monoisotopic (exact) mass is 332 g/mol. The summed E-state index contributed by atoms with van der Waals surface area (Å²) < 4.78 is 13.4. The van der Waals surface area contributed by atoms with E-state index in [1.165, 1.54) is 29.9 Å². The van der Waals surface area contributed by atoms with E-state index in [9.17, 15) is 9.18 Å². The zero-order chi connectivity index (χ0) is 16.2. The Balaban J connectivity index is 1.71. The smallest absolute Gasteiger partial charge is 0.251 e. The minimum atomic E-state index is -0.380. The number of thiophene rings is 1. The van der Waals surface area contributed by atoms with Gasteiger partial charge < -0.3 is 5.32 Å². The second kappa shape index (κ2) is 7.23. The fraction of sp³-hybridized carbons (Fsp3) is 0.389. The van der Waals surface area contributed by atoms with E-state index in [2.05, 4.69) is 21.7 Å². The lowest BCUT2D eigenvalue weighted by molar-refractivity contribution is 0.0937. The topological polar surface area (TPSA) is 32.3 Å². The molecule has 0 radical (unpaired) electrons. The molecular weight excluding hydrogens is 311 g/mol. The lowest BCUT2D eigenvalue weighted by atomic mass is 10.1. The van der Waals surface area contributed by atoms with Crippen molar-refractivity contribution in [3.8, 4) is 0 Å². The standard InChI is InChI=1S/C18H21FN2OS/c1-13-6-7-14(19)11-15(13)18(22)20-12-16(17-5-4-10-23-17)21-8-2-3-9-21/h4-7,10-11,16H,2-3,8-9,12H2,1H3,(H,20,22). The summed E-state index contributed by atoms with van der Waals surface area (Å²) in [6, 6.07) is 8.69. The minimum Gasteiger partial charge on any atom is -0.350 e. The van der Waals surface area contributed by atoms with Gasteiger partial charge in [0.05, 0.1) is 6.04 Å². The summed E-state index contributed by atoms with van der Waals surface area (Å²) in [7, 11) is 0. The van der Waals surface area contributed by atoms with Crippen LogP contribution in [-0.2, 0) is 0 Å². The van der Waals surface area contributed by atoms with E-state index in [0.717, 1.165) is 18.7 Å². The number of rotatable bonds is 5. The molecule has 1 saturated heterocycles. The Morgan fingerprint density at radius 3 is 2.83 bits per heavy atom. The van der Waals surface area contributed by atoms with Gasteiger partial charge in [0.15, 0.2) is 0 Å². The highest BCUT2D eigenvalue weighted by Crippen LogP contribution is 2.28. The number of hydrogen-bond acceptors (Lipinski definition) is 3. The molecule has 0 spiro atoms. The van der Waals surface area contributed by atoms with E-state index in [-0.39, 0.29) is 17.8 Å². The van der Waals surface area contributed by atoms with Crippen molar-refractivity contribution in [1.29, 1.82) is 0 Å². The number of amides is 1. The van der Waals surface area contributed by atoms with Gasteiger partial charge in [0.25, 0.3) is 5.91 Å². The fourth-order valence-electron chi connectivity index (χ4n) is 3.07. The maximum atomic E-state index is 13.4. The van der Waals surface area contributed by atoms with Crippen molar-refractivity contribution in [1.82, 2.24) is 10.2 Å². The molecule has 0 aliphatic carbocycles. The van der Waals surface area contributed by atoms with Crippen molar-refractivity contribution in [3.63, 3.8) is 0 Å². The fourth-order valence-corrected chi connectivity index (χ4v) is 3.93. The van der Waals surface area contributed by atoms with Crippen molar-refractivity contribution in [2.45, 2.75) is 25.8 Å². The molecule has 1 N–H and O–H groups in total. The summed E-state index contributed by atoms with van der Waals surface area (Å²) in [4.78, 5) is 16.1. The van der Waals surface area contributed by atoms with Crippen molar-refractivity contribution in [3.05, 3.63) is 57.5 Å². The van der Waals surface area contributed by atoms with Gasteiger partial charge in [-0.3, -0.25) is 9.69 Å². The normalized spacial score (nSPS) is 16.4. The first-order valence-electron chi connectivity index (χ1n) is 7.97. The van der Waals surface area contributed by atoms with Crippen LogP contribution in [0.2, 0.25) is 0 Å². The van der Waals surface area contributed by atoms with Gasteiger partial charge in [-0.1, -0.05) is 12.1 Å². The predicted molar refractivity (Wildman–Crippen MR) is 91.3 cm³/mol. The van der Waals surface area contributed by atoms with E-state index in [1.807, 2.05) is 13.0 Å². The average molecular weight is 332 g/mol. The van der Waals surface area contributed by atoms with Crippen molar-refractivity contribution < 1.29 is 9.18 Å². The third kappa shape index (κ3) is 3.79. The number of aryl methyl sites for hydroxylation is 1. The molecule has 1 aliphatic rings. The van der Waals surface area contributed by atoms with Crippen LogP contribution < -0.4 is 5.32 Å². The molecule has 1 amide bonds. The van der Waals surface area contributed by atoms with Crippen molar-refractivity contribution >= 4 is 17.2 Å². The third-order valence-electron chi connectivity index (χ3n) is 4.35. The molecule has 0 saturated carbocycles. The molecule has 1 fully saturated rings. The summed E-state index contributed by atoms with van der Waals surface area (Å²) >= 11 is 1.72. The first kappa shape index (κ1) is 16.1. The summed E-state index contributed by atoms with van der Waals surface area (Å²) in [5.41, 5.74) is 1.20. The highest BCUT2D eigenvalue weighted by atomic mass is 32.1. The van der Waals surface area contributed by atoms with Crippen LogP contribution in [0.5, 0.6) is 0 Å². The Hall–Kier alpha value is -1.72. The van der Waals surface area contributed by atoms with Gasteiger partial charge in [-0.25, -0.2) is 4.39 Å². The molecule has 2 heterocycles. The van der Waals surface area contributed by atoms with Gasteiger partial charge in [-0.15, -0.1) is 11.3 Å². The molecule has 1 unspecified atom stereocenters. The molecule has 3 nitrogen and oxygen atoms in total.